The summed E-state index contributed by atoms with van der Waals surface area (Å²) in [5, 5.41) is 13.4. The van der Waals surface area contributed by atoms with Gasteiger partial charge in [-0.05, 0) is 44.4 Å². The van der Waals surface area contributed by atoms with E-state index in [0.29, 0.717) is 18.8 Å². The van der Waals surface area contributed by atoms with Crippen LogP contribution in [0.25, 0.3) is 0 Å². The maximum Gasteiger partial charge on any atom is 0.302 e. The fraction of sp³-hybridized carbons (Fsp3) is 0.769. The molecule has 1 fully saturated rings. The Kier molecular flexibility index (Phi) is 17.1. The number of imide groups is 1. The zero-order valence-corrected chi connectivity index (χ0v) is 34.0. The highest BCUT2D eigenvalue weighted by Crippen LogP contribution is 2.27. The number of aliphatic hydroxyl groups excluding tert-OH is 1. The zero-order valence-electron chi connectivity index (χ0n) is 34.0. The van der Waals surface area contributed by atoms with Gasteiger partial charge < -0.3 is 29.9 Å². The van der Waals surface area contributed by atoms with E-state index in [-0.39, 0.29) is 30.7 Å². The number of carbonyl (C=O) groups excluding carboxylic acids is 7. The molecule has 0 bridgehead atoms. The van der Waals surface area contributed by atoms with Crippen molar-refractivity contribution in [2.75, 3.05) is 20.6 Å². The average molecular weight is 748 g/mol. The Morgan fingerprint density at radius 3 is 2.11 bits per heavy atom. The van der Waals surface area contributed by atoms with Gasteiger partial charge in [-0.15, -0.1) is 0 Å². The molecule has 1 saturated heterocycles. The summed E-state index contributed by atoms with van der Waals surface area (Å²) in [6.45, 7) is 17.5. The molecule has 300 valence electrons. The van der Waals surface area contributed by atoms with E-state index in [2.05, 4.69) is 19.2 Å². The molecule has 0 aromatic rings. The third-order valence-corrected chi connectivity index (χ3v) is 10.3. The van der Waals surface area contributed by atoms with Crippen LogP contribution in [0, 0.1) is 23.7 Å². The van der Waals surface area contributed by atoms with Crippen molar-refractivity contribution in [1.82, 2.24) is 24.9 Å². The smallest absolute Gasteiger partial charge is 0.302 e. The lowest BCUT2D eigenvalue weighted by Crippen LogP contribution is -2.62. The molecule has 2 N–H and O–H groups in total. The van der Waals surface area contributed by atoms with E-state index < -0.39 is 83.8 Å². The van der Waals surface area contributed by atoms with Gasteiger partial charge in [-0.1, -0.05) is 73.8 Å². The number of hydrogen-bond donors (Lipinski definition) is 2. The first-order valence-corrected chi connectivity index (χ1v) is 19.2. The summed E-state index contributed by atoms with van der Waals surface area (Å²) in [4.78, 5) is 99.5. The highest BCUT2D eigenvalue weighted by atomic mass is 16.5. The number of nitrogens with zero attached hydrogens (tertiary/aromatic N) is 4. The molecule has 0 radical (unpaired) electrons. The summed E-state index contributed by atoms with van der Waals surface area (Å²) in [6, 6.07) is -5.19. The number of carbonyl (C=O) groups is 7. The number of nitrogens with one attached hydrogen (secondary N) is 1. The number of unbranched alkanes of at least 4 members (excludes halogenated alkanes) is 1. The van der Waals surface area contributed by atoms with Gasteiger partial charge in [0.15, 0.2) is 0 Å². The van der Waals surface area contributed by atoms with Gasteiger partial charge >= 0.3 is 5.97 Å². The van der Waals surface area contributed by atoms with E-state index in [1.165, 1.54) is 41.7 Å². The first-order chi connectivity index (χ1) is 24.6. The second-order valence-electron chi connectivity index (χ2n) is 16.0. The summed E-state index contributed by atoms with van der Waals surface area (Å²) >= 11 is 0. The predicted octanol–water partition coefficient (Wildman–Crippen LogP) is 2.91. The van der Waals surface area contributed by atoms with Gasteiger partial charge in [0.2, 0.25) is 23.6 Å². The summed E-state index contributed by atoms with van der Waals surface area (Å²) in [7, 11) is 2.98. The van der Waals surface area contributed by atoms with Gasteiger partial charge in [0.1, 0.15) is 30.3 Å². The molecule has 2 unspecified atom stereocenters. The Labute approximate surface area is 316 Å². The number of likely N-dealkylation sites (N-methyl/N-ethyl adjacent to an activating group) is 2. The molecule has 0 spiro atoms. The van der Waals surface area contributed by atoms with Crippen LogP contribution in [-0.2, 0) is 38.3 Å². The largest absolute Gasteiger partial charge is 0.460 e. The van der Waals surface area contributed by atoms with Gasteiger partial charge in [0, 0.05) is 46.0 Å². The molecular weight excluding hydrogens is 682 g/mol. The quantitative estimate of drug-likeness (QED) is 0.158. The van der Waals surface area contributed by atoms with E-state index in [9.17, 15) is 38.7 Å². The van der Waals surface area contributed by atoms with Gasteiger partial charge in [-0.2, -0.15) is 0 Å². The first kappa shape index (κ1) is 45.3. The summed E-state index contributed by atoms with van der Waals surface area (Å²) in [5.41, 5.74) is 0. The number of likely N-dealkylation sites (tertiary alicyclic amines) is 1. The van der Waals surface area contributed by atoms with Crippen molar-refractivity contribution in [2.24, 2.45) is 23.7 Å². The Balaban J connectivity index is 2.41. The number of hydrogen-bond acceptors (Lipinski definition) is 9. The van der Waals surface area contributed by atoms with Crippen molar-refractivity contribution in [3.05, 3.63) is 12.2 Å². The molecule has 0 aliphatic carbocycles. The lowest BCUT2D eigenvalue weighted by atomic mass is 9.91. The number of aliphatic hydroxyl groups is 1. The van der Waals surface area contributed by atoms with Crippen LogP contribution in [0.5, 0.6) is 0 Å². The van der Waals surface area contributed by atoms with Crippen LogP contribution in [0.3, 0.4) is 0 Å². The van der Waals surface area contributed by atoms with Gasteiger partial charge in [0.05, 0.1) is 12.1 Å². The number of ether oxygens (including phenoxy) is 1. The molecule has 6 amide bonds. The molecule has 2 heterocycles. The first-order valence-electron chi connectivity index (χ1n) is 19.2. The van der Waals surface area contributed by atoms with Crippen molar-refractivity contribution in [2.45, 2.75) is 150 Å². The van der Waals surface area contributed by atoms with E-state index in [1.54, 1.807) is 33.9 Å². The van der Waals surface area contributed by atoms with Crippen molar-refractivity contribution in [3.63, 3.8) is 0 Å². The van der Waals surface area contributed by atoms with Crippen LogP contribution < -0.4 is 5.32 Å². The zero-order chi connectivity index (χ0) is 40.5. The van der Waals surface area contributed by atoms with E-state index >= 15 is 0 Å². The SMILES string of the molecule is CCCC[C@H](C)C[C@H](C)C(=O)N(C)[C@@H](CC(C)C)C(=O)N[C@H](C(=O)N(C)[C@H](C(=O)N1C[C@@H](O)C[C@@H]1C(=O)N1C(=O)C=CC1C)C(C)C)C(C)OC(C)=O. The molecule has 0 aromatic heterocycles. The molecule has 14 heteroatoms. The molecule has 0 saturated carbocycles. The molecule has 9 atom stereocenters. The molecule has 0 aromatic carbocycles. The minimum atomic E-state index is -1.44. The summed E-state index contributed by atoms with van der Waals surface area (Å²) < 4.78 is 5.41. The van der Waals surface area contributed by atoms with Gasteiger partial charge in [-0.25, -0.2) is 0 Å². The highest BCUT2D eigenvalue weighted by Gasteiger charge is 2.48. The predicted molar refractivity (Wildman–Crippen MR) is 200 cm³/mol. The second-order valence-corrected chi connectivity index (χ2v) is 16.0. The summed E-state index contributed by atoms with van der Waals surface area (Å²) in [6.07, 6.45) is 4.71. The lowest BCUT2D eigenvalue weighted by molar-refractivity contribution is -0.157. The Morgan fingerprint density at radius 1 is 0.981 bits per heavy atom. The Bertz CT molecular complexity index is 1370. The molecule has 53 heavy (non-hydrogen) atoms. The number of β-amino-alcohol motifs (C(OH)–C–C–N with tert-alkyl or cyclic N) is 1. The fourth-order valence-electron chi connectivity index (χ4n) is 7.50. The Morgan fingerprint density at radius 2 is 1.60 bits per heavy atom. The fourth-order valence-corrected chi connectivity index (χ4v) is 7.50. The van der Waals surface area contributed by atoms with E-state index in [0.717, 1.165) is 24.2 Å². The lowest BCUT2D eigenvalue weighted by Gasteiger charge is -2.38. The van der Waals surface area contributed by atoms with Crippen molar-refractivity contribution < 1.29 is 43.4 Å². The topological polar surface area (TPSA) is 174 Å². The van der Waals surface area contributed by atoms with E-state index in [1.807, 2.05) is 20.8 Å². The third kappa shape index (κ3) is 11.8. The van der Waals surface area contributed by atoms with Crippen molar-refractivity contribution >= 4 is 41.4 Å². The minimum absolute atomic E-state index is 0.00605. The molecule has 14 nitrogen and oxygen atoms in total. The van der Waals surface area contributed by atoms with Crippen LogP contribution in [-0.4, -0.2) is 129 Å². The highest BCUT2D eigenvalue weighted by molar-refractivity contribution is 6.06. The second kappa shape index (κ2) is 20.0. The van der Waals surface area contributed by atoms with Crippen LogP contribution in [0.1, 0.15) is 108 Å². The maximum atomic E-state index is 14.4. The van der Waals surface area contributed by atoms with Crippen LogP contribution in [0.4, 0.5) is 0 Å². The normalized spacial score (nSPS) is 21.9. The van der Waals surface area contributed by atoms with Crippen LogP contribution in [0.15, 0.2) is 12.2 Å². The standard InChI is InChI=1S/C39H65N5O9/c1-13-14-15-24(6)19-25(7)36(49)41(11)30(18-22(2)3)35(48)40-33(27(9)53-28(10)45)38(51)42(12)34(23(4)5)39(52)43-21-29(46)20-31(43)37(50)44-26(8)16-17-32(44)47/h16-17,22-27,29-31,33-34,46H,13-15,18-21H2,1-12H3,(H,40,48)/t24-,25-,26?,27?,29-,30-,31+,33-,34-/m0/s1. The van der Waals surface area contributed by atoms with E-state index in [4.69, 9.17) is 4.74 Å². The monoisotopic (exact) mass is 747 g/mol. The van der Waals surface area contributed by atoms with Crippen molar-refractivity contribution in [1.29, 1.82) is 0 Å². The number of rotatable bonds is 18. The van der Waals surface area contributed by atoms with Crippen LogP contribution >= 0.6 is 0 Å². The summed E-state index contributed by atoms with van der Waals surface area (Å²) in [5.74, 6) is -4.47. The molecule has 2 rings (SSSR count). The van der Waals surface area contributed by atoms with Crippen LogP contribution in [0.2, 0.25) is 0 Å². The molecular formula is C39H65N5O9. The third-order valence-electron chi connectivity index (χ3n) is 10.3. The molecule has 2 aliphatic heterocycles. The van der Waals surface area contributed by atoms with Gasteiger partial charge in [-0.3, -0.25) is 38.5 Å². The number of amides is 6. The molecule has 2 aliphatic rings. The number of esters is 1. The minimum Gasteiger partial charge on any atom is -0.460 e. The average Bonchev–Trinajstić information content (AvgIpc) is 3.63. The van der Waals surface area contributed by atoms with Gasteiger partial charge in [0.25, 0.3) is 11.8 Å². The van der Waals surface area contributed by atoms with Crippen molar-refractivity contribution in [3.8, 4) is 0 Å². The Hall–Kier alpha value is -3.81. The maximum absolute atomic E-state index is 14.4.